The molecule has 1 aromatic carbocycles. The van der Waals surface area contributed by atoms with Crippen LogP contribution in [0.1, 0.15) is 26.3 Å². The Morgan fingerprint density at radius 3 is 2.16 bits per heavy atom. The molecule has 1 fully saturated rings. The molecule has 3 rings (SSSR count). The van der Waals surface area contributed by atoms with E-state index in [1.54, 1.807) is 13.0 Å². The summed E-state index contributed by atoms with van der Waals surface area (Å²) in [6.45, 7) is 0.992. The molecule has 0 spiro atoms. The Hall–Kier alpha value is -2.88. The zero-order chi connectivity index (χ0) is 22.8. The number of aryl methyl sites for hydroxylation is 1. The molecular weight excluding hydrogens is 442 g/mol. The van der Waals surface area contributed by atoms with E-state index in [4.69, 9.17) is 11.6 Å². The highest BCUT2D eigenvalue weighted by Gasteiger charge is 2.30. The Morgan fingerprint density at radius 1 is 1.06 bits per heavy atom. The van der Waals surface area contributed by atoms with Crippen molar-refractivity contribution in [2.75, 3.05) is 32.8 Å². The number of rotatable bonds is 4. The summed E-state index contributed by atoms with van der Waals surface area (Å²) in [5, 5.41) is -0.217. The van der Waals surface area contributed by atoms with E-state index >= 15 is 0 Å². The molecule has 0 radical (unpaired) electrons. The number of carbonyl (C=O) groups excluding carboxylic acids is 2. The standard InChI is InChI=1S/C20H18ClF4N3O3/c1-12-2-3-13(9-16(12)22)18(29)27-4-6-28(7-5-27)19(30)14-8-15(21)17(26-10-14)31-11-20(23,24)25/h2-3,8-10H,4-7,11H2,1H3. The zero-order valence-electron chi connectivity index (χ0n) is 16.4. The summed E-state index contributed by atoms with van der Waals surface area (Å²) in [7, 11) is 0. The van der Waals surface area contributed by atoms with Crippen molar-refractivity contribution in [3.63, 3.8) is 0 Å². The molecule has 2 heterocycles. The molecule has 0 aliphatic carbocycles. The maximum Gasteiger partial charge on any atom is 0.422 e. The fourth-order valence-electron chi connectivity index (χ4n) is 3.00. The lowest BCUT2D eigenvalue weighted by molar-refractivity contribution is -0.154. The number of aromatic nitrogens is 1. The molecule has 0 atom stereocenters. The van der Waals surface area contributed by atoms with Crippen LogP contribution in [-0.4, -0.2) is 65.6 Å². The molecule has 1 saturated heterocycles. The quantitative estimate of drug-likeness (QED) is 0.654. The number of alkyl halides is 3. The Kier molecular flexibility index (Phi) is 6.68. The third-order valence-electron chi connectivity index (χ3n) is 4.70. The molecule has 0 saturated carbocycles. The van der Waals surface area contributed by atoms with E-state index in [0.29, 0.717) is 5.56 Å². The summed E-state index contributed by atoms with van der Waals surface area (Å²) >= 11 is 5.89. The number of hydrogen-bond acceptors (Lipinski definition) is 4. The molecule has 166 valence electrons. The van der Waals surface area contributed by atoms with Gasteiger partial charge in [0.05, 0.1) is 5.56 Å². The first-order chi connectivity index (χ1) is 14.5. The Balaban J connectivity index is 1.60. The van der Waals surface area contributed by atoms with Crippen molar-refractivity contribution in [1.29, 1.82) is 0 Å². The van der Waals surface area contributed by atoms with Crippen LogP contribution >= 0.6 is 11.6 Å². The van der Waals surface area contributed by atoms with Crippen LogP contribution in [0.15, 0.2) is 30.5 Å². The van der Waals surface area contributed by atoms with E-state index in [1.165, 1.54) is 28.0 Å². The van der Waals surface area contributed by atoms with Crippen LogP contribution < -0.4 is 4.74 Å². The molecule has 31 heavy (non-hydrogen) atoms. The Bertz CT molecular complexity index is 992. The number of carbonyl (C=O) groups is 2. The highest BCUT2D eigenvalue weighted by atomic mass is 35.5. The Labute approximate surface area is 180 Å². The number of pyridine rings is 1. The fraction of sp³-hybridized carbons (Fsp3) is 0.350. The number of hydrogen-bond donors (Lipinski definition) is 0. The molecule has 1 aliphatic heterocycles. The molecular formula is C20H18ClF4N3O3. The van der Waals surface area contributed by atoms with Crippen LogP contribution in [0.4, 0.5) is 17.6 Å². The smallest absolute Gasteiger partial charge is 0.422 e. The first-order valence-corrected chi connectivity index (χ1v) is 9.63. The molecule has 2 aromatic rings. The van der Waals surface area contributed by atoms with E-state index in [-0.39, 0.29) is 48.2 Å². The minimum absolute atomic E-state index is 0.0877. The Morgan fingerprint density at radius 2 is 1.65 bits per heavy atom. The lowest BCUT2D eigenvalue weighted by Gasteiger charge is -2.34. The first-order valence-electron chi connectivity index (χ1n) is 9.25. The number of benzene rings is 1. The second kappa shape index (κ2) is 9.09. The van der Waals surface area contributed by atoms with Gasteiger partial charge in [-0.15, -0.1) is 0 Å². The van der Waals surface area contributed by atoms with Gasteiger partial charge in [0.1, 0.15) is 10.8 Å². The van der Waals surface area contributed by atoms with Crippen molar-refractivity contribution in [2.24, 2.45) is 0 Å². The van der Waals surface area contributed by atoms with Gasteiger partial charge in [-0.2, -0.15) is 13.2 Å². The predicted molar refractivity (Wildman–Crippen MR) is 104 cm³/mol. The molecule has 2 amide bonds. The highest BCUT2D eigenvalue weighted by molar-refractivity contribution is 6.32. The van der Waals surface area contributed by atoms with E-state index < -0.39 is 30.4 Å². The van der Waals surface area contributed by atoms with Gasteiger partial charge in [0.2, 0.25) is 5.88 Å². The van der Waals surface area contributed by atoms with Crippen LogP contribution in [0.25, 0.3) is 0 Å². The predicted octanol–water partition coefficient (Wildman–Crippen LogP) is 3.72. The van der Waals surface area contributed by atoms with Crippen molar-refractivity contribution in [1.82, 2.24) is 14.8 Å². The van der Waals surface area contributed by atoms with Gasteiger partial charge in [-0.1, -0.05) is 17.7 Å². The molecule has 0 bridgehead atoms. The lowest BCUT2D eigenvalue weighted by Crippen LogP contribution is -2.50. The van der Waals surface area contributed by atoms with Crippen LogP contribution in [0.5, 0.6) is 5.88 Å². The molecule has 6 nitrogen and oxygen atoms in total. The van der Waals surface area contributed by atoms with E-state index in [2.05, 4.69) is 9.72 Å². The van der Waals surface area contributed by atoms with Gasteiger partial charge in [0.25, 0.3) is 11.8 Å². The minimum Gasteiger partial charge on any atom is -0.467 e. The van der Waals surface area contributed by atoms with Crippen LogP contribution in [0.3, 0.4) is 0 Å². The monoisotopic (exact) mass is 459 g/mol. The molecule has 1 aromatic heterocycles. The second-order valence-corrected chi connectivity index (χ2v) is 7.37. The second-order valence-electron chi connectivity index (χ2n) is 6.96. The summed E-state index contributed by atoms with van der Waals surface area (Å²) in [5.41, 5.74) is 0.757. The average Bonchev–Trinajstić information content (AvgIpc) is 2.73. The summed E-state index contributed by atoms with van der Waals surface area (Å²) in [6, 6.07) is 5.45. The minimum atomic E-state index is -4.54. The lowest BCUT2D eigenvalue weighted by atomic mass is 10.1. The van der Waals surface area contributed by atoms with Gasteiger partial charge in [-0.25, -0.2) is 9.37 Å². The zero-order valence-corrected chi connectivity index (χ0v) is 17.1. The van der Waals surface area contributed by atoms with Crippen LogP contribution in [0.2, 0.25) is 5.02 Å². The molecule has 11 heteroatoms. The normalized spacial score (nSPS) is 14.5. The maximum atomic E-state index is 13.7. The highest BCUT2D eigenvalue weighted by Crippen LogP contribution is 2.25. The molecule has 0 N–H and O–H groups in total. The summed E-state index contributed by atoms with van der Waals surface area (Å²) in [6.07, 6.45) is -3.45. The van der Waals surface area contributed by atoms with Gasteiger partial charge < -0.3 is 14.5 Å². The van der Waals surface area contributed by atoms with Gasteiger partial charge in [0, 0.05) is 37.9 Å². The topological polar surface area (TPSA) is 62.7 Å². The molecule has 0 unspecified atom stereocenters. The maximum absolute atomic E-state index is 13.7. The van der Waals surface area contributed by atoms with E-state index in [9.17, 15) is 27.2 Å². The molecule has 1 aliphatic rings. The fourth-order valence-corrected chi connectivity index (χ4v) is 3.22. The van der Waals surface area contributed by atoms with Crippen molar-refractivity contribution in [3.05, 3.63) is 58.0 Å². The SMILES string of the molecule is Cc1ccc(C(=O)N2CCN(C(=O)c3cnc(OCC(F)(F)F)c(Cl)c3)CC2)cc1F. The number of amides is 2. The van der Waals surface area contributed by atoms with Crippen LogP contribution in [0, 0.1) is 12.7 Å². The number of ether oxygens (including phenoxy) is 1. The van der Waals surface area contributed by atoms with Crippen molar-refractivity contribution >= 4 is 23.4 Å². The van der Waals surface area contributed by atoms with Gasteiger partial charge >= 0.3 is 6.18 Å². The van der Waals surface area contributed by atoms with Gasteiger partial charge in [-0.05, 0) is 30.7 Å². The first kappa shape index (κ1) is 22.8. The number of halogens is 5. The van der Waals surface area contributed by atoms with E-state index in [0.717, 1.165) is 6.20 Å². The van der Waals surface area contributed by atoms with Gasteiger partial charge in [0.15, 0.2) is 6.61 Å². The number of piperazine rings is 1. The summed E-state index contributed by atoms with van der Waals surface area (Å²) in [5.74, 6) is -1.64. The largest absolute Gasteiger partial charge is 0.467 e. The van der Waals surface area contributed by atoms with Crippen molar-refractivity contribution in [2.45, 2.75) is 13.1 Å². The third-order valence-corrected chi connectivity index (χ3v) is 4.97. The van der Waals surface area contributed by atoms with E-state index in [1.807, 2.05) is 0 Å². The number of nitrogens with zero attached hydrogens (tertiary/aromatic N) is 3. The van der Waals surface area contributed by atoms with Gasteiger partial charge in [-0.3, -0.25) is 9.59 Å². The van der Waals surface area contributed by atoms with Crippen molar-refractivity contribution < 1.29 is 31.9 Å². The van der Waals surface area contributed by atoms with Crippen LogP contribution in [-0.2, 0) is 0 Å². The van der Waals surface area contributed by atoms with Crippen molar-refractivity contribution in [3.8, 4) is 5.88 Å². The average molecular weight is 460 g/mol. The summed E-state index contributed by atoms with van der Waals surface area (Å²) < 4.78 is 55.0. The third kappa shape index (κ3) is 5.63. The summed E-state index contributed by atoms with van der Waals surface area (Å²) in [4.78, 5) is 31.9.